The Bertz CT molecular complexity index is 555. The second-order valence-electron chi connectivity index (χ2n) is 6.94. The standard InChI is InChI=1S/C14H23N3O2S/c1-8-10(20-12(19)15-8)11(18)16-9-6-13(2,3)17-14(4,5)7-9/h9,17H,6-7H2,1-5H3,(H,15,19)(H,16,18). The molecule has 1 aromatic heterocycles. The average molecular weight is 297 g/mol. The summed E-state index contributed by atoms with van der Waals surface area (Å²) in [6.45, 7) is 10.3. The Morgan fingerprint density at radius 1 is 1.25 bits per heavy atom. The lowest BCUT2D eigenvalue weighted by Crippen LogP contribution is -2.62. The van der Waals surface area contributed by atoms with E-state index in [9.17, 15) is 9.59 Å². The van der Waals surface area contributed by atoms with Crippen molar-refractivity contribution in [1.82, 2.24) is 15.6 Å². The largest absolute Gasteiger partial charge is 0.348 e. The van der Waals surface area contributed by atoms with E-state index in [4.69, 9.17) is 0 Å². The van der Waals surface area contributed by atoms with Gasteiger partial charge in [0.25, 0.3) is 5.91 Å². The maximum absolute atomic E-state index is 12.3. The van der Waals surface area contributed by atoms with Crippen LogP contribution < -0.4 is 15.5 Å². The first-order valence-electron chi connectivity index (χ1n) is 6.88. The zero-order valence-corrected chi connectivity index (χ0v) is 13.5. The first-order valence-corrected chi connectivity index (χ1v) is 7.70. The summed E-state index contributed by atoms with van der Waals surface area (Å²) >= 11 is 0.972. The molecule has 1 saturated heterocycles. The van der Waals surface area contributed by atoms with Gasteiger partial charge in [0.05, 0.1) is 0 Å². The summed E-state index contributed by atoms with van der Waals surface area (Å²) in [7, 11) is 0. The minimum Gasteiger partial charge on any atom is -0.348 e. The molecule has 1 aliphatic heterocycles. The predicted molar refractivity (Wildman–Crippen MR) is 81.5 cm³/mol. The number of piperidine rings is 1. The quantitative estimate of drug-likeness (QED) is 0.779. The van der Waals surface area contributed by atoms with Crippen LogP contribution in [0.3, 0.4) is 0 Å². The number of hydrogen-bond donors (Lipinski definition) is 3. The van der Waals surface area contributed by atoms with Crippen LogP contribution >= 0.6 is 11.3 Å². The van der Waals surface area contributed by atoms with E-state index in [1.807, 2.05) is 0 Å². The highest BCUT2D eigenvalue weighted by molar-refractivity contribution is 7.11. The molecule has 0 saturated carbocycles. The van der Waals surface area contributed by atoms with E-state index in [1.54, 1.807) is 6.92 Å². The van der Waals surface area contributed by atoms with Gasteiger partial charge >= 0.3 is 4.87 Å². The van der Waals surface area contributed by atoms with E-state index < -0.39 is 0 Å². The van der Waals surface area contributed by atoms with Crippen molar-refractivity contribution in [3.63, 3.8) is 0 Å². The molecule has 0 spiro atoms. The van der Waals surface area contributed by atoms with Gasteiger partial charge in [0, 0.05) is 22.8 Å². The van der Waals surface area contributed by atoms with E-state index in [0.29, 0.717) is 10.6 Å². The molecule has 0 radical (unpaired) electrons. The van der Waals surface area contributed by atoms with Crippen LogP contribution in [0.1, 0.15) is 55.9 Å². The Morgan fingerprint density at radius 3 is 2.25 bits per heavy atom. The van der Waals surface area contributed by atoms with Crippen LogP contribution in [0.4, 0.5) is 0 Å². The summed E-state index contributed by atoms with van der Waals surface area (Å²) in [6, 6.07) is 0.116. The summed E-state index contributed by atoms with van der Waals surface area (Å²) < 4.78 is 0. The number of hydrogen-bond acceptors (Lipinski definition) is 4. The van der Waals surface area contributed by atoms with Crippen molar-refractivity contribution in [2.24, 2.45) is 0 Å². The molecule has 1 aromatic rings. The van der Waals surface area contributed by atoms with Gasteiger partial charge in [0.15, 0.2) is 0 Å². The van der Waals surface area contributed by atoms with Gasteiger partial charge in [-0.25, -0.2) is 0 Å². The van der Waals surface area contributed by atoms with Crippen molar-refractivity contribution in [2.75, 3.05) is 0 Å². The predicted octanol–water partition coefficient (Wildman–Crippen LogP) is 1.78. The lowest BCUT2D eigenvalue weighted by atomic mass is 9.79. The van der Waals surface area contributed by atoms with Gasteiger partial charge in [-0.2, -0.15) is 0 Å². The highest BCUT2D eigenvalue weighted by atomic mass is 32.1. The molecule has 20 heavy (non-hydrogen) atoms. The number of aromatic amines is 1. The topological polar surface area (TPSA) is 74.0 Å². The second-order valence-corrected chi connectivity index (χ2v) is 7.92. The lowest BCUT2D eigenvalue weighted by molar-refractivity contribution is 0.0876. The van der Waals surface area contributed by atoms with Crippen LogP contribution in [0, 0.1) is 6.92 Å². The van der Waals surface area contributed by atoms with Gasteiger partial charge in [-0.3, -0.25) is 9.59 Å². The van der Waals surface area contributed by atoms with Crippen LogP contribution in [0.2, 0.25) is 0 Å². The van der Waals surface area contributed by atoms with Crippen molar-refractivity contribution in [3.05, 3.63) is 20.2 Å². The third-order valence-corrected chi connectivity index (χ3v) is 4.54. The van der Waals surface area contributed by atoms with Gasteiger partial charge < -0.3 is 15.6 Å². The molecule has 0 aromatic carbocycles. The van der Waals surface area contributed by atoms with E-state index in [0.717, 1.165) is 24.2 Å². The van der Waals surface area contributed by atoms with E-state index in [2.05, 4.69) is 43.3 Å². The number of carbonyl (C=O) groups is 1. The normalized spacial score (nSPS) is 21.6. The van der Waals surface area contributed by atoms with Crippen molar-refractivity contribution >= 4 is 17.2 Å². The molecule has 5 nitrogen and oxygen atoms in total. The maximum Gasteiger partial charge on any atom is 0.305 e. The molecule has 112 valence electrons. The number of carbonyl (C=O) groups excluding carboxylic acids is 1. The number of H-pyrrole nitrogens is 1. The minimum atomic E-state index is -0.182. The zero-order chi connectivity index (χ0) is 15.1. The van der Waals surface area contributed by atoms with Crippen LogP contribution in [-0.2, 0) is 0 Å². The third kappa shape index (κ3) is 3.49. The molecule has 0 unspecified atom stereocenters. The molecule has 1 fully saturated rings. The lowest BCUT2D eigenvalue weighted by Gasteiger charge is -2.46. The Balaban J connectivity index is 2.11. The Labute approximate surface area is 123 Å². The average Bonchev–Trinajstić information content (AvgIpc) is 2.52. The number of rotatable bonds is 2. The summed E-state index contributed by atoms with van der Waals surface area (Å²) in [5.41, 5.74) is 0.616. The first-order chi connectivity index (χ1) is 9.08. The summed E-state index contributed by atoms with van der Waals surface area (Å²) in [5.74, 6) is -0.149. The van der Waals surface area contributed by atoms with Crippen molar-refractivity contribution < 1.29 is 4.79 Å². The summed E-state index contributed by atoms with van der Waals surface area (Å²) in [4.78, 5) is 26.5. The second kappa shape index (κ2) is 5.00. The molecule has 1 aliphatic rings. The van der Waals surface area contributed by atoms with Gasteiger partial charge in [-0.15, -0.1) is 0 Å². The highest BCUT2D eigenvalue weighted by Crippen LogP contribution is 2.28. The molecule has 0 aliphatic carbocycles. The number of aromatic nitrogens is 1. The summed E-state index contributed by atoms with van der Waals surface area (Å²) in [6.07, 6.45) is 1.75. The molecule has 2 rings (SSSR count). The number of amides is 1. The van der Waals surface area contributed by atoms with Crippen molar-refractivity contribution in [2.45, 2.75) is 64.6 Å². The monoisotopic (exact) mass is 297 g/mol. The SMILES string of the molecule is Cc1[nH]c(=O)sc1C(=O)NC1CC(C)(C)NC(C)(C)C1. The molecule has 0 atom stereocenters. The number of nitrogens with one attached hydrogen (secondary N) is 3. The fourth-order valence-electron chi connectivity index (χ4n) is 3.30. The van der Waals surface area contributed by atoms with Crippen LogP contribution in [-0.4, -0.2) is 28.0 Å². The molecule has 6 heteroatoms. The van der Waals surface area contributed by atoms with Crippen LogP contribution in [0.15, 0.2) is 4.79 Å². The highest BCUT2D eigenvalue weighted by Gasteiger charge is 2.38. The Morgan fingerprint density at radius 2 is 1.80 bits per heavy atom. The van der Waals surface area contributed by atoms with Gasteiger partial charge in [-0.05, 0) is 47.5 Å². The Hall–Kier alpha value is -1.14. The van der Waals surface area contributed by atoms with Crippen molar-refractivity contribution in [1.29, 1.82) is 0 Å². The molecule has 2 heterocycles. The van der Waals surface area contributed by atoms with E-state index >= 15 is 0 Å². The number of aryl methyl sites for hydroxylation is 1. The summed E-state index contributed by atoms with van der Waals surface area (Å²) in [5, 5.41) is 6.66. The molecule has 1 amide bonds. The van der Waals surface area contributed by atoms with Crippen LogP contribution in [0.5, 0.6) is 0 Å². The smallest absolute Gasteiger partial charge is 0.305 e. The zero-order valence-electron chi connectivity index (χ0n) is 12.7. The Kier molecular flexibility index (Phi) is 3.81. The third-order valence-electron chi connectivity index (χ3n) is 3.56. The molecular formula is C14H23N3O2S. The maximum atomic E-state index is 12.3. The van der Waals surface area contributed by atoms with Gasteiger partial charge in [0.2, 0.25) is 0 Å². The van der Waals surface area contributed by atoms with Crippen LogP contribution in [0.25, 0.3) is 0 Å². The molecule has 3 N–H and O–H groups in total. The molecular weight excluding hydrogens is 274 g/mol. The first kappa shape index (κ1) is 15.3. The van der Waals surface area contributed by atoms with Gasteiger partial charge in [0.1, 0.15) is 4.88 Å². The van der Waals surface area contributed by atoms with Crippen molar-refractivity contribution in [3.8, 4) is 0 Å². The van der Waals surface area contributed by atoms with E-state index in [1.165, 1.54) is 0 Å². The minimum absolute atomic E-state index is 0.0139. The fraction of sp³-hybridized carbons (Fsp3) is 0.714. The van der Waals surface area contributed by atoms with E-state index in [-0.39, 0.29) is 27.9 Å². The van der Waals surface area contributed by atoms with Gasteiger partial charge in [-0.1, -0.05) is 11.3 Å². The number of thiazole rings is 1. The fourth-order valence-corrected chi connectivity index (χ4v) is 4.04. The molecule has 0 bridgehead atoms.